The van der Waals surface area contributed by atoms with Crippen LogP contribution in [0.5, 0.6) is 0 Å². The summed E-state index contributed by atoms with van der Waals surface area (Å²) >= 11 is 6.42. The first-order valence-corrected chi connectivity index (χ1v) is 10.3. The third-order valence-corrected chi connectivity index (χ3v) is 5.77. The summed E-state index contributed by atoms with van der Waals surface area (Å²) < 4.78 is 6.33. The highest BCUT2D eigenvalue weighted by molar-refractivity contribution is 6.33. The normalized spacial score (nSPS) is 11.3. The van der Waals surface area contributed by atoms with E-state index in [2.05, 4.69) is 9.97 Å². The quantitative estimate of drug-likeness (QED) is 0.437. The SMILES string of the molecule is COCc1ccc(Cl)c(-c2ccc3c(=O)n(-c4cncc5ccccc45)c(=O)[nH]c3c2)c1. The minimum atomic E-state index is -0.531. The Balaban J connectivity index is 1.71. The van der Waals surface area contributed by atoms with E-state index in [4.69, 9.17) is 16.3 Å². The van der Waals surface area contributed by atoms with Gasteiger partial charge in [-0.1, -0.05) is 48.0 Å². The van der Waals surface area contributed by atoms with E-state index in [0.29, 0.717) is 28.2 Å². The molecule has 2 heterocycles. The van der Waals surface area contributed by atoms with Crippen LogP contribution in [0.1, 0.15) is 5.56 Å². The predicted octanol–water partition coefficient (Wildman–Crippen LogP) is 4.69. The maximum atomic E-state index is 13.3. The second-order valence-corrected chi connectivity index (χ2v) is 7.87. The van der Waals surface area contributed by atoms with Crippen molar-refractivity contribution < 1.29 is 4.74 Å². The van der Waals surface area contributed by atoms with Gasteiger partial charge in [-0.05, 0) is 35.4 Å². The second kappa shape index (κ2) is 8.07. The van der Waals surface area contributed by atoms with Crippen LogP contribution in [-0.2, 0) is 11.3 Å². The first-order valence-electron chi connectivity index (χ1n) is 9.97. The molecule has 0 unspecified atom stereocenters. The molecular formula is C25H18ClN3O3. The Kier molecular flexibility index (Phi) is 5.09. The lowest BCUT2D eigenvalue weighted by Gasteiger charge is -2.11. The first-order chi connectivity index (χ1) is 15.6. The minimum absolute atomic E-state index is 0.394. The number of nitrogens with one attached hydrogen (secondary N) is 1. The lowest BCUT2D eigenvalue weighted by atomic mass is 10.0. The van der Waals surface area contributed by atoms with E-state index >= 15 is 0 Å². The molecule has 0 saturated heterocycles. The molecule has 2 aromatic heterocycles. The Bertz CT molecular complexity index is 1600. The van der Waals surface area contributed by atoms with Gasteiger partial charge in [0.15, 0.2) is 0 Å². The Morgan fingerprint density at radius 1 is 1.00 bits per heavy atom. The average molecular weight is 444 g/mol. The van der Waals surface area contributed by atoms with Gasteiger partial charge < -0.3 is 9.72 Å². The first kappa shape index (κ1) is 20.2. The number of hydrogen-bond acceptors (Lipinski definition) is 4. The van der Waals surface area contributed by atoms with E-state index in [1.807, 2.05) is 48.5 Å². The molecule has 158 valence electrons. The number of pyridine rings is 1. The average Bonchev–Trinajstić information content (AvgIpc) is 2.80. The lowest BCUT2D eigenvalue weighted by Crippen LogP contribution is -2.33. The van der Waals surface area contributed by atoms with Crippen molar-refractivity contribution in [2.45, 2.75) is 6.61 Å². The highest BCUT2D eigenvalue weighted by Gasteiger charge is 2.14. The van der Waals surface area contributed by atoms with Crippen molar-refractivity contribution in [3.63, 3.8) is 0 Å². The molecule has 6 nitrogen and oxygen atoms in total. The van der Waals surface area contributed by atoms with Crippen LogP contribution in [0.15, 0.2) is 82.6 Å². The monoisotopic (exact) mass is 443 g/mol. The number of H-pyrrole nitrogens is 1. The number of rotatable bonds is 4. The highest BCUT2D eigenvalue weighted by Crippen LogP contribution is 2.30. The van der Waals surface area contributed by atoms with Gasteiger partial charge in [-0.25, -0.2) is 9.36 Å². The molecule has 32 heavy (non-hydrogen) atoms. The molecule has 0 spiro atoms. The zero-order valence-corrected chi connectivity index (χ0v) is 17.9. The molecule has 0 radical (unpaired) electrons. The fourth-order valence-corrected chi connectivity index (χ4v) is 4.16. The van der Waals surface area contributed by atoms with Crippen LogP contribution in [-0.4, -0.2) is 21.6 Å². The van der Waals surface area contributed by atoms with Crippen molar-refractivity contribution in [3.05, 3.63) is 104 Å². The largest absolute Gasteiger partial charge is 0.380 e. The number of aromatic nitrogens is 3. The van der Waals surface area contributed by atoms with Crippen molar-refractivity contribution in [1.82, 2.24) is 14.5 Å². The van der Waals surface area contributed by atoms with E-state index in [0.717, 1.165) is 32.0 Å². The van der Waals surface area contributed by atoms with Crippen LogP contribution in [0.25, 0.3) is 38.5 Å². The zero-order valence-electron chi connectivity index (χ0n) is 17.1. The van der Waals surface area contributed by atoms with E-state index in [1.165, 1.54) is 6.20 Å². The van der Waals surface area contributed by atoms with Crippen molar-refractivity contribution >= 4 is 33.3 Å². The number of ether oxygens (including phenoxy) is 1. The van der Waals surface area contributed by atoms with Crippen LogP contribution in [0.3, 0.4) is 0 Å². The molecule has 0 aliphatic carbocycles. The number of methoxy groups -OCH3 is 1. The molecular weight excluding hydrogens is 426 g/mol. The molecule has 5 aromatic rings. The van der Waals surface area contributed by atoms with Crippen LogP contribution in [0.2, 0.25) is 5.02 Å². The smallest absolute Gasteiger partial charge is 0.333 e. The Morgan fingerprint density at radius 2 is 1.84 bits per heavy atom. The molecule has 5 rings (SSSR count). The summed E-state index contributed by atoms with van der Waals surface area (Å²) in [6, 6.07) is 18.4. The standard InChI is InChI=1S/C25H18ClN3O3/c1-32-14-15-6-9-21(26)20(10-15)16-7-8-19-22(11-16)28-25(31)29(24(19)30)23-13-27-12-17-4-2-3-5-18(17)23/h2-13H,14H2,1H3,(H,28,31). The predicted molar refractivity (Wildman–Crippen MR) is 127 cm³/mol. The van der Waals surface area contributed by atoms with Crippen molar-refractivity contribution in [1.29, 1.82) is 0 Å². The van der Waals surface area contributed by atoms with Gasteiger partial charge in [0.05, 0.1) is 29.4 Å². The number of hydrogen-bond donors (Lipinski definition) is 1. The number of nitrogens with zero attached hydrogens (tertiary/aromatic N) is 2. The maximum absolute atomic E-state index is 13.3. The van der Waals surface area contributed by atoms with E-state index in [-0.39, 0.29) is 0 Å². The fourth-order valence-electron chi connectivity index (χ4n) is 3.93. The molecule has 0 amide bonds. The third-order valence-electron chi connectivity index (χ3n) is 5.44. The summed E-state index contributed by atoms with van der Waals surface area (Å²) in [6.45, 7) is 0.457. The van der Waals surface area contributed by atoms with Gasteiger partial charge in [-0.2, -0.15) is 0 Å². The van der Waals surface area contributed by atoms with Gasteiger partial charge in [0.25, 0.3) is 5.56 Å². The highest BCUT2D eigenvalue weighted by atomic mass is 35.5. The summed E-state index contributed by atoms with van der Waals surface area (Å²) in [5.41, 5.74) is 2.50. The minimum Gasteiger partial charge on any atom is -0.380 e. The van der Waals surface area contributed by atoms with Gasteiger partial charge >= 0.3 is 5.69 Å². The summed E-state index contributed by atoms with van der Waals surface area (Å²) in [7, 11) is 1.63. The summed E-state index contributed by atoms with van der Waals surface area (Å²) in [6.07, 6.45) is 3.23. The van der Waals surface area contributed by atoms with Gasteiger partial charge in [0.1, 0.15) is 0 Å². The molecule has 0 aliphatic heterocycles. The molecule has 1 N–H and O–H groups in total. The molecule has 0 aliphatic rings. The van der Waals surface area contributed by atoms with Gasteiger partial charge in [-0.3, -0.25) is 9.78 Å². The van der Waals surface area contributed by atoms with Crippen LogP contribution in [0.4, 0.5) is 0 Å². The van der Waals surface area contributed by atoms with Crippen molar-refractivity contribution in [3.8, 4) is 16.8 Å². The number of halogens is 1. The van der Waals surface area contributed by atoms with E-state index < -0.39 is 11.2 Å². The van der Waals surface area contributed by atoms with Crippen LogP contribution < -0.4 is 11.2 Å². The van der Waals surface area contributed by atoms with Crippen LogP contribution in [0, 0.1) is 0 Å². The van der Waals surface area contributed by atoms with Gasteiger partial charge in [-0.15, -0.1) is 0 Å². The summed E-state index contributed by atoms with van der Waals surface area (Å²) in [4.78, 5) is 33.4. The third kappa shape index (κ3) is 3.39. The van der Waals surface area contributed by atoms with Crippen molar-refractivity contribution in [2.75, 3.05) is 7.11 Å². The van der Waals surface area contributed by atoms with E-state index in [1.54, 1.807) is 25.4 Å². The summed E-state index contributed by atoms with van der Waals surface area (Å²) in [5, 5.41) is 2.58. The zero-order chi connectivity index (χ0) is 22.2. The van der Waals surface area contributed by atoms with E-state index in [9.17, 15) is 9.59 Å². The molecule has 0 atom stereocenters. The lowest BCUT2D eigenvalue weighted by molar-refractivity contribution is 0.185. The molecule has 0 fully saturated rings. The molecule has 0 bridgehead atoms. The number of benzene rings is 3. The van der Waals surface area contributed by atoms with Crippen LogP contribution >= 0.6 is 11.6 Å². The maximum Gasteiger partial charge on any atom is 0.333 e. The Morgan fingerprint density at radius 3 is 2.69 bits per heavy atom. The van der Waals surface area contributed by atoms with Gasteiger partial charge in [0, 0.05) is 34.7 Å². The topological polar surface area (TPSA) is 77.0 Å². The van der Waals surface area contributed by atoms with Crippen molar-refractivity contribution in [2.24, 2.45) is 0 Å². The second-order valence-electron chi connectivity index (χ2n) is 7.46. The molecule has 7 heteroatoms. The Labute approximate surface area is 187 Å². The molecule has 3 aromatic carbocycles. The Hall–Kier alpha value is -3.74. The number of aromatic amines is 1. The molecule has 0 saturated carbocycles. The fraction of sp³-hybridized carbons (Fsp3) is 0.0800. The summed E-state index contributed by atoms with van der Waals surface area (Å²) in [5.74, 6) is 0. The number of fused-ring (bicyclic) bond motifs is 2. The van der Waals surface area contributed by atoms with Gasteiger partial charge in [0.2, 0.25) is 0 Å².